The standard InChI is InChI=1S/C15H17NO4/c17-14(18)10-4-1-2-7-11-12(10)8-5-3-6-9(8)13(16-11)15(19)20/h1-2,7-9,13,16H,3-6H2,(H,17,18)(H,19,20). The van der Waals surface area contributed by atoms with Crippen molar-refractivity contribution in [2.24, 2.45) is 11.8 Å². The van der Waals surface area contributed by atoms with E-state index in [9.17, 15) is 19.8 Å². The molecule has 0 amide bonds. The molecule has 5 heteroatoms. The molecule has 5 nitrogen and oxygen atoms in total. The third-order valence-electron chi connectivity index (χ3n) is 4.54. The van der Waals surface area contributed by atoms with E-state index in [1.165, 1.54) is 0 Å². The lowest BCUT2D eigenvalue weighted by atomic mass is 9.76. The number of carboxylic acids is 2. The minimum absolute atomic E-state index is 0.00731. The molecule has 0 bridgehead atoms. The summed E-state index contributed by atoms with van der Waals surface area (Å²) < 4.78 is 0. The highest BCUT2D eigenvalue weighted by atomic mass is 16.4. The van der Waals surface area contributed by atoms with Crippen LogP contribution in [0.2, 0.25) is 0 Å². The minimum Gasteiger partial charge on any atom is -0.480 e. The number of aliphatic carboxylic acids is 2. The van der Waals surface area contributed by atoms with Gasteiger partial charge in [0.05, 0.1) is 0 Å². The first-order valence-corrected chi connectivity index (χ1v) is 6.92. The average Bonchev–Trinajstić information content (AvgIpc) is 2.77. The summed E-state index contributed by atoms with van der Waals surface area (Å²) in [6, 6.07) is -0.612. The van der Waals surface area contributed by atoms with Gasteiger partial charge in [-0.3, -0.25) is 0 Å². The molecule has 3 unspecified atom stereocenters. The lowest BCUT2D eigenvalue weighted by molar-refractivity contribution is -0.141. The summed E-state index contributed by atoms with van der Waals surface area (Å²) in [5, 5.41) is 21.9. The van der Waals surface area contributed by atoms with Crippen LogP contribution >= 0.6 is 0 Å². The van der Waals surface area contributed by atoms with Crippen LogP contribution in [0, 0.1) is 11.8 Å². The van der Waals surface area contributed by atoms with Gasteiger partial charge in [0.15, 0.2) is 0 Å². The molecule has 0 aromatic rings. The van der Waals surface area contributed by atoms with Crippen LogP contribution in [0.25, 0.3) is 0 Å². The summed E-state index contributed by atoms with van der Waals surface area (Å²) >= 11 is 0. The number of hydrogen-bond donors (Lipinski definition) is 3. The number of carboxylic acid groups (broad SMARTS) is 2. The molecular formula is C15H17NO4. The van der Waals surface area contributed by atoms with Crippen LogP contribution in [0.3, 0.4) is 0 Å². The summed E-state index contributed by atoms with van der Waals surface area (Å²) in [5.74, 6) is -1.72. The van der Waals surface area contributed by atoms with Crippen molar-refractivity contribution in [3.8, 4) is 0 Å². The van der Waals surface area contributed by atoms with E-state index in [0.717, 1.165) is 24.8 Å². The molecule has 20 heavy (non-hydrogen) atoms. The molecule has 2 fully saturated rings. The van der Waals surface area contributed by atoms with E-state index in [1.54, 1.807) is 12.2 Å². The topological polar surface area (TPSA) is 86.6 Å². The molecule has 0 radical (unpaired) electrons. The zero-order chi connectivity index (χ0) is 14.3. The third kappa shape index (κ3) is 1.94. The van der Waals surface area contributed by atoms with Crippen molar-refractivity contribution in [2.75, 3.05) is 0 Å². The van der Waals surface area contributed by atoms with Crippen molar-refractivity contribution in [3.05, 3.63) is 35.1 Å². The van der Waals surface area contributed by atoms with E-state index in [4.69, 9.17) is 0 Å². The Morgan fingerprint density at radius 2 is 2.05 bits per heavy atom. The Morgan fingerprint density at radius 3 is 2.75 bits per heavy atom. The van der Waals surface area contributed by atoms with Gasteiger partial charge in [-0.2, -0.15) is 0 Å². The molecule has 3 rings (SSSR count). The fourth-order valence-electron chi connectivity index (χ4n) is 3.73. The molecule has 1 saturated carbocycles. The molecule has 3 atom stereocenters. The molecule has 0 aromatic carbocycles. The van der Waals surface area contributed by atoms with Crippen LogP contribution in [-0.2, 0) is 9.59 Å². The normalized spacial score (nSPS) is 31.8. The number of fused-ring (bicyclic) bond motifs is 3. The molecule has 1 saturated heterocycles. The second-order valence-corrected chi connectivity index (χ2v) is 5.57. The highest BCUT2D eigenvalue weighted by molar-refractivity contribution is 5.90. The van der Waals surface area contributed by atoms with Crippen molar-refractivity contribution in [1.29, 1.82) is 0 Å². The van der Waals surface area contributed by atoms with E-state index in [-0.39, 0.29) is 11.8 Å². The summed E-state index contributed by atoms with van der Waals surface area (Å²) in [6.45, 7) is 0. The first-order chi connectivity index (χ1) is 9.59. The summed E-state index contributed by atoms with van der Waals surface area (Å²) in [4.78, 5) is 22.9. The highest BCUT2D eigenvalue weighted by Gasteiger charge is 2.45. The monoisotopic (exact) mass is 275 g/mol. The van der Waals surface area contributed by atoms with Gasteiger partial charge in [-0.05, 0) is 42.7 Å². The first-order valence-electron chi connectivity index (χ1n) is 6.92. The predicted molar refractivity (Wildman–Crippen MR) is 71.9 cm³/mol. The summed E-state index contributed by atoms with van der Waals surface area (Å²) in [6.07, 6.45) is 8.47. The molecule has 3 N–H and O–H groups in total. The van der Waals surface area contributed by atoms with Crippen LogP contribution in [0.4, 0.5) is 0 Å². The van der Waals surface area contributed by atoms with Crippen molar-refractivity contribution in [2.45, 2.75) is 31.7 Å². The van der Waals surface area contributed by atoms with Gasteiger partial charge in [-0.15, -0.1) is 0 Å². The van der Waals surface area contributed by atoms with Crippen LogP contribution in [0.15, 0.2) is 35.1 Å². The number of nitrogens with one attached hydrogen (secondary N) is 1. The number of hydrogen-bond acceptors (Lipinski definition) is 3. The maximum absolute atomic E-state index is 11.5. The van der Waals surface area contributed by atoms with E-state index < -0.39 is 18.0 Å². The quantitative estimate of drug-likeness (QED) is 0.714. The maximum atomic E-state index is 11.5. The lowest BCUT2D eigenvalue weighted by Gasteiger charge is -2.37. The largest absolute Gasteiger partial charge is 0.480 e. The summed E-state index contributed by atoms with van der Waals surface area (Å²) in [7, 11) is 0. The average molecular weight is 275 g/mol. The van der Waals surface area contributed by atoms with Crippen LogP contribution < -0.4 is 5.32 Å². The minimum atomic E-state index is -0.904. The van der Waals surface area contributed by atoms with Gasteiger partial charge in [0.2, 0.25) is 0 Å². The van der Waals surface area contributed by atoms with Crippen molar-refractivity contribution in [1.82, 2.24) is 5.32 Å². The Balaban J connectivity index is 2.11. The summed E-state index contributed by atoms with van der Waals surface area (Å²) in [5.41, 5.74) is 1.90. The van der Waals surface area contributed by atoms with Gasteiger partial charge in [0.1, 0.15) is 6.04 Å². The van der Waals surface area contributed by atoms with Crippen LogP contribution in [0.1, 0.15) is 25.7 Å². The Hall–Kier alpha value is -2.04. The first kappa shape index (κ1) is 13.0. The highest BCUT2D eigenvalue weighted by Crippen LogP contribution is 2.46. The Morgan fingerprint density at radius 1 is 1.25 bits per heavy atom. The number of allylic oxidation sites excluding steroid dienone is 4. The van der Waals surface area contributed by atoms with Crippen molar-refractivity contribution >= 4 is 11.9 Å². The molecule has 1 heterocycles. The zero-order valence-corrected chi connectivity index (χ0v) is 11.0. The maximum Gasteiger partial charge on any atom is 0.332 e. The molecule has 0 spiro atoms. The number of piperidine rings is 1. The Kier molecular flexibility index (Phi) is 3.12. The van der Waals surface area contributed by atoms with Gasteiger partial charge < -0.3 is 15.5 Å². The van der Waals surface area contributed by atoms with Gasteiger partial charge >= 0.3 is 11.9 Å². The van der Waals surface area contributed by atoms with E-state index in [0.29, 0.717) is 17.7 Å². The fraction of sp³-hybridized carbons (Fsp3) is 0.467. The van der Waals surface area contributed by atoms with Gasteiger partial charge in [0, 0.05) is 11.3 Å². The SMILES string of the molecule is O=C(O)C1=C2C(=CC=CC1)NC(C(=O)O)C1CCCC21. The Labute approximate surface area is 116 Å². The predicted octanol–water partition coefficient (Wildman–Crippen LogP) is 1.68. The number of carbonyl (C=O) groups is 2. The van der Waals surface area contributed by atoms with Gasteiger partial charge in [-0.1, -0.05) is 18.6 Å². The molecule has 106 valence electrons. The third-order valence-corrected chi connectivity index (χ3v) is 4.54. The molecular weight excluding hydrogens is 258 g/mol. The Bertz CT molecular complexity index is 558. The molecule has 2 aliphatic carbocycles. The van der Waals surface area contributed by atoms with E-state index >= 15 is 0 Å². The number of rotatable bonds is 2. The second kappa shape index (κ2) is 4.81. The molecule has 0 aromatic heterocycles. The van der Waals surface area contributed by atoms with Crippen LogP contribution in [-0.4, -0.2) is 28.2 Å². The van der Waals surface area contributed by atoms with Crippen LogP contribution in [0.5, 0.6) is 0 Å². The van der Waals surface area contributed by atoms with Crippen molar-refractivity contribution < 1.29 is 19.8 Å². The van der Waals surface area contributed by atoms with Gasteiger partial charge in [-0.25, -0.2) is 9.59 Å². The zero-order valence-electron chi connectivity index (χ0n) is 11.0. The molecule has 3 aliphatic rings. The smallest absolute Gasteiger partial charge is 0.332 e. The van der Waals surface area contributed by atoms with E-state index in [2.05, 4.69) is 5.32 Å². The van der Waals surface area contributed by atoms with Gasteiger partial charge in [0.25, 0.3) is 0 Å². The van der Waals surface area contributed by atoms with E-state index in [1.807, 2.05) is 6.08 Å². The molecule has 1 aliphatic heterocycles. The fourth-order valence-corrected chi connectivity index (χ4v) is 3.73. The lowest BCUT2D eigenvalue weighted by Crippen LogP contribution is -2.49. The van der Waals surface area contributed by atoms with Crippen molar-refractivity contribution in [3.63, 3.8) is 0 Å². The second-order valence-electron chi connectivity index (χ2n) is 5.57.